The third-order valence-electron chi connectivity index (χ3n) is 3.77. The second-order valence-electron chi connectivity index (χ2n) is 5.25. The molecule has 0 fully saturated rings. The number of hydrogen-bond donors (Lipinski definition) is 2. The van der Waals surface area contributed by atoms with Gasteiger partial charge in [0.2, 0.25) is 0 Å². The number of benzene rings is 1. The first-order chi connectivity index (χ1) is 11.3. The number of nitrogens with one attached hydrogen (secondary N) is 2. The average molecular weight is 325 g/mol. The van der Waals surface area contributed by atoms with Crippen LogP contribution < -0.4 is 10.3 Å². The maximum absolute atomic E-state index is 12.1. The Morgan fingerprint density at radius 2 is 2.22 bits per heavy atom. The molecule has 0 atom stereocenters. The number of thiophene rings is 1. The van der Waals surface area contributed by atoms with Crippen molar-refractivity contribution in [2.24, 2.45) is 0 Å². The van der Waals surface area contributed by atoms with Gasteiger partial charge in [-0.1, -0.05) is 6.07 Å². The van der Waals surface area contributed by atoms with Crippen molar-refractivity contribution in [3.8, 4) is 5.75 Å². The number of hydrogen-bond acceptors (Lipinski definition) is 4. The summed E-state index contributed by atoms with van der Waals surface area (Å²) in [4.78, 5) is 22.8. The number of H-pyrrole nitrogens is 2. The van der Waals surface area contributed by atoms with Gasteiger partial charge in [0.1, 0.15) is 16.3 Å². The predicted octanol–water partition coefficient (Wildman–Crippen LogP) is 3.46. The van der Waals surface area contributed by atoms with Crippen LogP contribution in [-0.2, 0) is 6.42 Å². The predicted molar refractivity (Wildman–Crippen MR) is 92.5 cm³/mol. The molecule has 23 heavy (non-hydrogen) atoms. The smallest absolute Gasteiger partial charge is 0.268 e. The number of fused-ring (bicyclic) bond motifs is 2. The number of rotatable bonds is 4. The lowest BCUT2D eigenvalue weighted by molar-refractivity contribution is 0.344. The molecule has 0 spiro atoms. The van der Waals surface area contributed by atoms with Crippen molar-refractivity contribution in [1.82, 2.24) is 15.0 Å². The summed E-state index contributed by atoms with van der Waals surface area (Å²) < 4.78 is 6.40. The van der Waals surface area contributed by atoms with E-state index in [0.717, 1.165) is 27.7 Å². The Hall–Kier alpha value is -2.60. The number of ether oxygens (including phenoxy) is 1. The molecule has 3 aromatic heterocycles. The fourth-order valence-electron chi connectivity index (χ4n) is 2.82. The normalized spacial score (nSPS) is 11.3. The van der Waals surface area contributed by atoms with Crippen molar-refractivity contribution in [2.75, 3.05) is 6.61 Å². The maximum Gasteiger partial charge on any atom is 0.268 e. The molecule has 3 heterocycles. The average Bonchev–Trinajstić information content (AvgIpc) is 3.16. The monoisotopic (exact) mass is 325 g/mol. The highest BCUT2D eigenvalue weighted by atomic mass is 32.1. The molecule has 1 aromatic carbocycles. The van der Waals surface area contributed by atoms with Gasteiger partial charge in [-0.15, -0.1) is 11.3 Å². The van der Waals surface area contributed by atoms with E-state index in [9.17, 15) is 4.79 Å². The van der Waals surface area contributed by atoms with Crippen LogP contribution in [0.25, 0.3) is 21.1 Å². The van der Waals surface area contributed by atoms with E-state index in [2.05, 4.69) is 15.0 Å². The fraction of sp³-hybridized carbons (Fsp3) is 0.176. The third kappa shape index (κ3) is 2.41. The maximum atomic E-state index is 12.1. The van der Waals surface area contributed by atoms with Gasteiger partial charge in [-0.3, -0.25) is 4.79 Å². The van der Waals surface area contributed by atoms with Crippen LogP contribution in [0, 0.1) is 0 Å². The van der Waals surface area contributed by atoms with Gasteiger partial charge in [0.05, 0.1) is 12.1 Å². The van der Waals surface area contributed by atoms with Gasteiger partial charge in [-0.05, 0) is 36.1 Å². The van der Waals surface area contributed by atoms with Gasteiger partial charge in [-0.2, -0.15) is 0 Å². The van der Waals surface area contributed by atoms with Crippen molar-refractivity contribution in [2.45, 2.75) is 13.3 Å². The second-order valence-corrected chi connectivity index (χ2v) is 6.17. The van der Waals surface area contributed by atoms with Gasteiger partial charge in [0.15, 0.2) is 0 Å². The van der Waals surface area contributed by atoms with Crippen LogP contribution in [-0.4, -0.2) is 21.6 Å². The number of nitrogens with zero attached hydrogens (tertiary/aromatic N) is 1. The molecule has 6 heteroatoms. The Balaban J connectivity index is 1.81. The minimum Gasteiger partial charge on any atom is -0.493 e. The lowest BCUT2D eigenvalue weighted by Crippen LogP contribution is -2.10. The summed E-state index contributed by atoms with van der Waals surface area (Å²) in [6, 6.07) is 7.81. The Kier molecular flexibility index (Phi) is 3.38. The molecular weight excluding hydrogens is 310 g/mol. The van der Waals surface area contributed by atoms with Crippen LogP contribution in [0.2, 0.25) is 0 Å². The first-order valence-corrected chi connectivity index (χ1v) is 8.32. The molecule has 0 saturated heterocycles. The van der Waals surface area contributed by atoms with Gasteiger partial charge in [0, 0.05) is 23.5 Å². The van der Waals surface area contributed by atoms with Crippen molar-refractivity contribution < 1.29 is 4.74 Å². The summed E-state index contributed by atoms with van der Waals surface area (Å²) in [5, 5.41) is 2.93. The highest BCUT2D eigenvalue weighted by Gasteiger charge is 2.12. The Morgan fingerprint density at radius 3 is 3.09 bits per heavy atom. The number of aromatic nitrogens is 3. The van der Waals surface area contributed by atoms with Crippen LogP contribution in [0.1, 0.15) is 18.3 Å². The summed E-state index contributed by atoms with van der Waals surface area (Å²) in [5.41, 5.74) is 2.75. The van der Waals surface area contributed by atoms with E-state index in [1.165, 1.54) is 11.3 Å². The molecule has 4 rings (SSSR count). The Bertz CT molecular complexity index is 1040. The summed E-state index contributed by atoms with van der Waals surface area (Å²) >= 11 is 1.41. The summed E-state index contributed by atoms with van der Waals surface area (Å²) in [5.74, 6) is 1.51. The van der Waals surface area contributed by atoms with E-state index >= 15 is 0 Å². The second kappa shape index (κ2) is 5.55. The highest BCUT2D eigenvalue weighted by Crippen LogP contribution is 2.30. The lowest BCUT2D eigenvalue weighted by atomic mass is 10.1. The quantitative estimate of drug-likeness (QED) is 0.603. The van der Waals surface area contributed by atoms with Crippen LogP contribution in [0.5, 0.6) is 5.75 Å². The lowest BCUT2D eigenvalue weighted by Gasteiger charge is -2.07. The van der Waals surface area contributed by atoms with Crippen molar-refractivity contribution in [1.29, 1.82) is 0 Å². The topological polar surface area (TPSA) is 70.8 Å². The summed E-state index contributed by atoms with van der Waals surface area (Å²) in [7, 11) is 0. The SMILES string of the molecule is CCOc1cccc2[nH]cc(Cc3nc4ccsc4c(=O)[nH]3)c12. The van der Waals surface area contributed by atoms with Crippen LogP contribution in [0.4, 0.5) is 0 Å². The van der Waals surface area contributed by atoms with E-state index in [1.54, 1.807) is 0 Å². The first kappa shape index (κ1) is 14.0. The Morgan fingerprint density at radius 1 is 1.30 bits per heavy atom. The largest absolute Gasteiger partial charge is 0.493 e. The van der Waals surface area contributed by atoms with Crippen LogP contribution in [0.3, 0.4) is 0 Å². The molecule has 0 radical (unpaired) electrons. The molecule has 0 aliphatic heterocycles. The van der Waals surface area contributed by atoms with Gasteiger partial charge < -0.3 is 14.7 Å². The van der Waals surface area contributed by atoms with E-state index in [-0.39, 0.29) is 5.56 Å². The summed E-state index contributed by atoms with van der Waals surface area (Å²) in [6.45, 7) is 2.58. The molecular formula is C17H15N3O2S. The first-order valence-electron chi connectivity index (χ1n) is 7.44. The van der Waals surface area contributed by atoms with Crippen molar-refractivity contribution >= 4 is 32.5 Å². The zero-order chi connectivity index (χ0) is 15.8. The number of aromatic amines is 2. The van der Waals surface area contributed by atoms with Crippen molar-refractivity contribution in [3.05, 3.63) is 57.6 Å². The summed E-state index contributed by atoms with van der Waals surface area (Å²) in [6.07, 6.45) is 2.50. The Labute approximate surface area is 136 Å². The third-order valence-corrected chi connectivity index (χ3v) is 4.67. The molecule has 0 bridgehead atoms. The zero-order valence-corrected chi connectivity index (χ0v) is 13.4. The van der Waals surface area contributed by atoms with Crippen molar-refractivity contribution in [3.63, 3.8) is 0 Å². The van der Waals surface area contributed by atoms with Crippen LogP contribution >= 0.6 is 11.3 Å². The van der Waals surface area contributed by atoms with E-state index in [4.69, 9.17) is 4.74 Å². The molecule has 0 unspecified atom stereocenters. The standard InChI is InChI=1S/C17H15N3O2S/c1-2-22-13-5-3-4-11-15(13)10(9-18-11)8-14-19-12-6-7-23-16(12)17(21)20-14/h3-7,9,18H,2,8H2,1H3,(H,19,20,21). The highest BCUT2D eigenvalue weighted by molar-refractivity contribution is 7.17. The molecule has 0 aliphatic carbocycles. The van der Waals surface area contributed by atoms with E-state index in [1.807, 2.05) is 42.8 Å². The molecule has 2 N–H and O–H groups in total. The zero-order valence-electron chi connectivity index (χ0n) is 12.6. The van der Waals surface area contributed by atoms with Gasteiger partial charge in [-0.25, -0.2) is 4.98 Å². The van der Waals surface area contributed by atoms with Gasteiger partial charge in [0.25, 0.3) is 5.56 Å². The molecule has 5 nitrogen and oxygen atoms in total. The minimum atomic E-state index is -0.0788. The molecule has 4 aromatic rings. The molecule has 0 amide bonds. The van der Waals surface area contributed by atoms with Crippen LogP contribution in [0.15, 0.2) is 40.6 Å². The molecule has 116 valence electrons. The molecule has 0 saturated carbocycles. The van der Waals surface area contributed by atoms with E-state index < -0.39 is 0 Å². The fourth-order valence-corrected chi connectivity index (χ4v) is 3.55. The van der Waals surface area contributed by atoms with Gasteiger partial charge >= 0.3 is 0 Å². The van der Waals surface area contributed by atoms with E-state index in [0.29, 0.717) is 23.6 Å². The molecule has 0 aliphatic rings. The minimum absolute atomic E-state index is 0.0788.